The van der Waals surface area contributed by atoms with Crippen molar-refractivity contribution in [3.05, 3.63) is 168 Å². The molecule has 5 aromatic carbocycles. The third-order valence-electron chi connectivity index (χ3n) is 6.01. The molecule has 0 bridgehead atoms. The van der Waals surface area contributed by atoms with Gasteiger partial charge in [0.2, 0.25) is 0 Å². The van der Waals surface area contributed by atoms with Crippen LogP contribution in [-0.4, -0.2) is 7.05 Å². The minimum absolute atomic E-state index is 0.916. The summed E-state index contributed by atoms with van der Waals surface area (Å²) in [5, 5.41) is 0. The van der Waals surface area contributed by atoms with Gasteiger partial charge >= 0.3 is 0 Å². The summed E-state index contributed by atoms with van der Waals surface area (Å²) in [6, 6.07) is 52.8. The Kier molecular flexibility index (Phi) is 9.34. The molecule has 0 saturated carbocycles. The number of nitrogens with zero attached hydrogens (tertiary/aromatic N) is 2. The van der Waals surface area contributed by atoms with E-state index in [1.807, 2.05) is 12.1 Å². The van der Waals surface area contributed by atoms with Crippen LogP contribution in [0.5, 0.6) is 0 Å². The van der Waals surface area contributed by atoms with Gasteiger partial charge in [0.1, 0.15) is 0 Å². The maximum atomic E-state index is 2.41. The Hall–Kier alpha value is -4.30. The second-order valence-electron chi connectivity index (χ2n) is 8.84. The summed E-state index contributed by atoms with van der Waals surface area (Å²) in [5.74, 6) is 0. The fourth-order valence-corrected chi connectivity index (χ4v) is 4.12. The fourth-order valence-electron chi connectivity index (χ4n) is 4.12. The van der Waals surface area contributed by atoms with Crippen LogP contribution in [0.1, 0.15) is 16.7 Å². The van der Waals surface area contributed by atoms with Gasteiger partial charge in [-0.25, -0.2) is 0 Å². The molecule has 0 heterocycles. The third-order valence-corrected chi connectivity index (χ3v) is 6.01. The molecule has 0 radical (unpaired) electrons. The first-order valence-corrected chi connectivity index (χ1v) is 12.5. The molecule has 0 aliphatic carbocycles. The average Bonchev–Trinajstić information content (AvgIpc) is 2.96. The molecule has 0 fully saturated rings. The van der Waals surface area contributed by atoms with Gasteiger partial charge in [0, 0.05) is 38.1 Å². The van der Waals surface area contributed by atoms with Crippen LogP contribution in [0.4, 0.5) is 11.4 Å². The normalized spacial score (nSPS) is 10.1. The van der Waals surface area contributed by atoms with Crippen molar-refractivity contribution >= 4 is 11.4 Å². The molecule has 5 rings (SSSR count). The summed E-state index contributed by atoms with van der Waals surface area (Å²) in [6.45, 7) is 2.78. The van der Waals surface area contributed by atoms with Crippen LogP contribution in [0.15, 0.2) is 152 Å². The molecule has 0 atom stereocenters. The quantitative estimate of drug-likeness (QED) is 0.225. The van der Waals surface area contributed by atoms with E-state index in [0.717, 1.165) is 19.6 Å². The van der Waals surface area contributed by atoms with E-state index in [2.05, 4.69) is 156 Å². The minimum atomic E-state index is 0.916. The maximum absolute atomic E-state index is 2.41. The van der Waals surface area contributed by atoms with Crippen molar-refractivity contribution in [1.29, 1.82) is 0 Å². The Balaban J connectivity index is 0.000000179. The lowest BCUT2D eigenvalue weighted by atomic mass is 10.1. The van der Waals surface area contributed by atoms with Crippen molar-refractivity contribution < 1.29 is 0 Å². The Labute approximate surface area is 216 Å². The molecule has 0 N–H and O–H groups in total. The molecular formula is C34H34N2. The van der Waals surface area contributed by atoms with Gasteiger partial charge in [0.15, 0.2) is 0 Å². The fraction of sp³-hybridized carbons (Fsp3) is 0.118. The summed E-state index contributed by atoms with van der Waals surface area (Å²) >= 11 is 0. The second kappa shape index (κ2) is 13.6. The van der Waals surface area contributed by atoms with E-state index in [-0.39, 0.29) is 0 Å². The van der Waals surface area contributed by atoms with Crippen molar-refractivity contribution in [2.24, 2.45) is 0 Å². The second-order valence-corrected chi connectivity index (χ2v) is 8.84. The molecule has 0 aliphatic heterocycles. The molecule has 2 nitrogen and oxygen atoms in total. The number of rotatable bonds is 8. The summed E-state index contributed by atoms with van der Waals surface area (Å²) < 4.78 is 0. The first-order valence-electron chi connectivity index (χ1n) is 12.5. The third kappa shape index (κ3) is 7.89. The Morgan fingerprint density at radius 2 is 0.667 bits per heavy atom. The number of hydrogen-bond acceptors (Lipinski definition) is 2. The molecule has 2 heteroatoms. The standard InChI is InChI=1S/C20H19N.C14H15N/c1-4-10-18(11-5-1)16-21(20-14-8-3-9-15-20)17-19-12-6-2-7-13-19;1-15(14-10-6-3-7-11-14)12-13-8-4-2-5-9-13/h1-15H,16-17H2;2-11H,12H2,1H3. The van der Waals surface area contributed by atoms with E-state index in [1.165, 1.54) is 28.1 Å². The van der Waals surface area contributed by atoms with Gasteiger partial charge in [-0.3, -0.25) is 0 Å². The zero-order chi connectivity index (χ0) is 24.8. The monoisotopic (exact) mass is 470 g/mol. The zero-order valence-corrected chi connectivity index (χ0v) is 20.9. The van der Waals surface area contributed by atoms with E-state index in [1.54, 1.807) is 0 Å². The van der Waals surface area contributed by atoms with Crippen LogP contribution in [0, 0.1) is 0 Å². The molecule has 0 saturated heterocycles. The van der Waals surface area contributed by atoms with Gasteiger partial charge in [0.25, 0.3) is 0 Å². The lowest BCUT2D eigenvalue weighted by molar-refractivity contribution is 0.800. The Bertz CT molecular complexity index is 1200. The largest absolute Gasteiger partial charge is 0.370 e. The number of hydrogen-bond donors (Lipinski definition) is 0. The van der Waals surface area contributed by atoms with E-state index in [0.29, 0.717) is 0 Å². The van der Waals surface area contributed by atoms with Gasteiger partial charge < -0.3 is 9.80 Å². The Morgan fingerprint density at radius 3 is 1.06 bits per heavy atom. The highest BCUT2D eigenvalue weighted by Gasteiger charge is 2.08. The van der Waals surface area contributed by atoms with Crippen molar-refractivity contribution in [2.45, 2.75) is 19.6 Å². The molecule has 0 aliphatic rings. The molecule has 0 aromatic heterocycles. The van der Waals surface area contributed by atoms with E-state index in [4.69, 9.17) is 0 Å². The summed E-state index contributed by atoms with van der Waals surface area (Å²) in [7, 11) is 2.11. The Morgan fingerprint density at radius 1 is 0.361 bits per heavy atom. The van der Waals surface area contributed by atoms with Crippen molar-refractivity contribution in [3.63, 3.8) is 0 Å². The van der Waals surface area contributed by atoms with Gasteiger partial charge in [0.05, 0.1) is 0 Å². The lowest BCUT2D eigenvalue weighted by Crippen LogP contribution is -2.21. The van der Waals surface area contributed by atoms with Crippen molar-refractivity contribution in [3.8, 4) is 0 Å². The first kappa shape index (κ1) is 24.8. The SMILES string of the molecule is CN(Cc1ccccc1)c1ccccc1.c1ccc(CN(Cc2ccccc2)c2ccccc2)cc1. The van der Waals surface area contributed by atoms with Gasteiger partial charge in [-0.05, 0) is 41.0 Å². The summed E-state index contributed by atoms with van der Waals surface area (Å²) in [5.41, 5.74) is 6.50. The van der Waals surface area contributed by atoms with E-state index in [9.17, 15) is 0 Å². The van der Waals surface area contributed by atoms with Crippen LogP contribution in [0.2, 0.25) is 0 Å². The van der Waals surface area contributed by atoms with E-state index < -0.39 is 0 Å². The number of benzene rings is 5. The highest BCUT2D eigenvalue weighted by molar-refractivity contribution is 5.47. The van der Waals surface area contributed by atoms with Gasteiger partial charge in [-0.1, -0.05) is 127 Å². The van der Waals surface area contributed by atoms with Crippen LogP contribution in [0.25, 0.3) is 0 Å². The maximum Gasteiger partial charge on any atom is 0.0433 e. The topological polar surface area (TPSA) is 6.48 Å². The molecule has 180 valence electrons. The number of anilines is 2. The predicted molar refractivity (Wildman–Crippen MR) is 154 cm³/mol. The number of para-hydroxylation sites is 2. The predicted octanol–water partition coefficient (Wildman–Crippen LogP) is 8.22. The van der Waals surface area contributed by atoms with Gasteiger partial charge in [-0.15, -0.1) is 0 Å². The summed E-state index contributed by atoms with van der Waals surface area (Å²) in [6.07, 6.45) is 0. The van der Waals surface area contributed by atoms with Crippen molar-refractivity contribution in [2.75, 3.05) is 16.8 Å². The highest BCUT2D eigenvalue weighted by Crippen LogP contribution is 2.20. The van der Waals surface area contributed by atoms with Crippen LogP contribution < -0.4 is 9.80 Å². The van der Waals surface area contributed by atoms with Gasteiger partial charge in [-0.2, -0.15) is 0 Å². The average molecular weight is 471 g/mol. The molecule has 36 heavy (non-hydrogen) atoms. The zero-order valence-electron chi connectivity index (χ0n) is 20.9. The van der Waals surface area contributed by atoms with Crippen LogP contribution in [-0.2, 0) is 19.6 Å². The first-order chi connectivity index (χ1) is 17.8. The molecule has 5 aromatic rings. The highest BCUT2D eigenvalue weighted by atomic mass is 15.1. The minimum Gasteiger partial charge on any atom is -0.370 e. The molecule has 0 unspecified atom stereocenters. The lowest BCUT2D eigenvalue weighted by Gasteiger charge is -2.25. The van der Waals surface area contributed by atoms with E-state index >= 15 is 0 Å². The molecule has 0 spiro atoms. The van der Waals surface area contributed by atoms with Crippen LogP contribution >= 0.6 is 0 Å². The summed E-state index contributed by atoms with van der Waals surface area (Å²) in [4.78, 5) is 4.65. The molecular weight excluding hydrogens is 436 g/mol. The smallest absolute Gasteiger partial charge is 0.0433 e. The molecule has 0 amide bonds. The van der Waals surface area contributed by atoms with Crippen molar-refractivity contribution in [1.82, 2.24) is 0 Å². The van der Waals surface area contributed by atoms with Crippen LogP contribution in [0.3, 0.4) is 0 Å².